The average molecular weight is 243 g/mol. The third-order valence-corrected chi connectivity index (χ3v) is 4.00. The molecule has 1 heteroatoms. The zero-order valence-corrected chi connectivity index (χ0v) is 11.5. The van der Waals surface area contributed by atoms with E-state index >= 15 is 0 Å². The van der Waals surface area contributed by atoms with Gasteiger partial charge in [-0.15, -0.1) is 0 Å². The van der Waals surface area contributed by atoms with E-state index in [1.165, 1.54) is 55.2 Å². The molecule has 1 aliphatic rings. The quantitative estimate of drug-likeness (QED) is 0.775. The molecule has 0 aliphatic heterocycles. The van der Waals surface area contributed by atoms with Crippen LogP contribution < -0.4 is 5.73 Å². The standard InChI is InChI=1S/C17H25N/c1-2-14-10-8-9-13-16(14)17(18)15-11-6-4-3-5-7-12-15/h8-11,13,17H,2-7,12,18H2,1H3/b15-11+. The summed E-state index contributed by atoms with van der Waals surface area (Å²) in [6.07, 6.45) is 11.2. The molecule has 1 nitrogen and oxygen atoms in total. The lowest BCUT2D eigenvalue weighted by Crippen LogP contribution is -2.16. The second-order valence-electron chi connectivity index (χ2n) is 5.26. The van der Waals surface area contributed by atoms with Crippen LogP contribution in [0.15, 0.2) is 35.9 Å². The molecule has 2 N–H and O–H groups in total. The largest absolute Gasteiger partial charge is 0.321 e. The van der Waals surface area contributed by atoms with Gasteiger partial charge in [0.05, 0.1) is 6.04 Å². The van der Waals surface area contributed by atoms with Gasteiger partial charge in [0.2, 0.25) is 0 Å². The topological polar surface area (TPSA) is 26.0 Å². The van der Waals surface area contributed by atoms with Crippen molar-refractivity contribution in [3.63, 3.8) is 0 Å². The van der Waals surface area contributed by atoms with Gasteiger partial charge in [-0.25, -0.2) is 0 Å². The van der Waals surface area contributed by atoms with Crippen LogP contribution in [0.25, 0.3) is 0 Å². The Labute approximate surface area is 111 Å². The summed E-state index contributed by atoms with van der Waals surface area (Å²) < 4.78 is 0. The molecular formula is C17H25N. The van der Waals surface area contributed by atoms with Crippen LogP contribution in [0.3, 0.4) is 0 Å². The van der Waals surface area contributed by atoms with Crippen LogP contribution >= 0.6 is 0 Å². The van der Waals surface area contributed by atoms with E-state index in [0.717, 1.165) is 6.42 Å². The van der Waals surface area contributed by atoms with E-state index in [1.807, 2.05) is 0 Å². The minimum Gasteiger partial charge on any atom is -0.321 e. The van der Waals surface area contributed by atoms with E-state index in [9.17, 15) is 0 Å². The molecule has 0 heterocycles. The fraction of sp³-hybridized carbons (Fsp3) is 0.529. The molecule has 1 aliphatic carbocycles. The van der Waals surface area contributed by atoms with Crippen molar-refractivity contribution in [1.82, 2.24) is 0 Å². The lowest BCUT2D eigenvalue weighted by molar-refractivity contribution is 0.601. The van der Waals surface area contributed by atoms with Crippen molar-refractivity contribution in [2.24, 2.45) is 5.73 Å². The molecular weight excluding hydrogens is 218 g/mol. The van der Waals surface area contributed by atoms with E-state index in [2.05, 4.69) is 37.3 Å². The van der Waals surface area contributed by atoms with Crippen molar-refractivity contribution in [2.45, 2.75) is 57.9 Å². The van der Waals surface area contributed by atoms with Crippen molar-refractivity contribution in [3.05, 3.63) is 47.0 Å². The molecule has 98 valence electrons. The zero-order chi connectivity index (χ0) is 12.8. The van der Waals surface area contributed by atoms with Gasteiger partial charge in [-0.05, 0) is 43.2 Å². The molecule has 18 heavy (non-hydrogen) atoms. The Bertz CT molecular complexity index is 406. The molecule has 0 bridgehead atoms. The van der Waals surface area contributed by atoms with Crippen molar-refractivity contribution in [3.8, 4) is 0 Å². The van der Waals surface area contributed by atoms with Crippen LogP contribution in [0.1, 0.15) is 62.6 Å². The SMILES string of the molecule is CCc1ccccc1C(N)/C1=C/CCCCCC1. The number of benzene rings is 1. The van der Waals surface area contributed by atoms with Gasteiger partial charge in [-0.2, -0.15) is 0 Å². The molecule has 0 saturated carbocycles. The van der Waals surface area contributed by atoms with Crippen molar-refractivity contribution in [1.29, 1.82) is 0 Å². The molecule has 1 unspecified atom stereocenters. The smallest absolute Gasteiger partial charge is 0.0513 e. The average Bonchev–Trinajstić information content (AvgIpc) is 2.37. The molecule has 0 saturated heterocycles. The van der Waals surface area contributed by atoms with Crippen LogP contribution in [0.2, 0.25) is 0 Å². The third-order valence-electron chi connectivity index (χ3n) is 4.00. The molecule has 0 radical (unpaired) electrons. The highest BCUT2D eigenvalue weighted by Crippen LogP contribution is 2.28. The maximum Gasteiger partial charge on any atom is 0.0513 e. The number of hydrogen-bond donors (Lipinski definition) is 1. The lowest BCUT2D eigenvalue weighted by atomic mass is 9.89. The fourth-order valence-electron chi connectivity index (χ4n) is 2.86. The first-order valence-electron chi connectivity index (χ1n) is 7.35. The normalized spacial score (nSPS) is 21.6. The van der Waals surface area contributed by atoms with Gasteiger partial charge in [0, 0.05) is 0 Å². The van der Waals surface area contributed by atoms with Crippen molar-refractivity contribution in [2.75, 3.05) is 0 Å². The van der Waals surface area contributed by atoms with E-state index < -0.39 is 0 Å². The van der Waals surface area contributed by atoms with Crippen molar-refractivity contribution < 1.29 is 0 Å². The summed E-state index contributed by atoms with van der Waals surface area (Å²) in [6.45, 7) is 2.21. The number of allylic oxidation sites excluding steroid dienone is 1. The highest BCUT2D eigenvalue weighted by Gasteiger charge is 2.15. The molecule has 0 spiro atoms. The predicted octanol–water partition coefficient (Wildman–Crippen LogP) is 4.53. The number of aryl methyl sites for hydroxylation is 1. The Hall–Kier alpha value is -1.08. The summed E-state index contributed by atoms with van der Waals surface area (Å²) in [4.78, 5) is 0. The van der Waals surface area contributed by atoms with Gasteiger partial charge in [0.25, 0.3) is 0 Å². The molecule has 0 amide bonds. The van der Waals surface area contributed by atoms with E-state index in [1.54, 1.807) is 0 Å². The molecule has 2 rings (SSSR count). The maximum absolute atomic E-state index is 6.50. The Balaban J connectivity index is 2.20. The third kappa shape index (κ3) is 3.23. The number of hydrogen-bond acceptors (Lipinski definition) is 1. The Morgan fingerprint density at radius 3 is 2.72 bits per heavy atom. The summed E-state index contributed by atoms with van der Waals surface area (Å²) in [5, 5.41) is 0. The number of rotatable bonds is 3. The monoisotopic (exact) mass is 243 g/mol. The molecule has 0 fully saturated rings. The van der Waals surface area contributed by atoms with E-state index in [4.69, 9.17) is 5.73 Å². The minimum absolute atomic E-state index is 0.110. The zero-order valence-electron chi connectivity index (χ0n) is 11.5. The number of nitrogens with two attached hydrogens (primary N) is 1. The van der Waals surface area contributed by atoms with Gasteiger partial charge in [-0.1, -0.05) is 55.7 Å². The Morgan fingerprint density at radius 1 is 1.11 bits per heavy atom. The first-order valence-corrected chi connectivity index (χ1v) is 7.35. The maximum atomic E-state index is 6.50. The van der Waals surface area contributed by atoms with Crippen LogP contribution in [0.5, 0.6) is 0 Å². The second kappa shape index (κ2) is 6.75. The second-order valence-corrected chi connectivity index (χ2v) is 5.26. The summed E-state index contributed by atoms with van der Waals surface area (Å²) in [6, 6.07) is 8.74. The summed E-state index contributed by atoms with van der Waals surface area (Å²) >= 11 is 0. The van der Waals surface area contributed by atoms with Gasteiger partial charge < -0.3 is 5.73 Å². The van der Waals surface area contributed by atoms with Gasteiger partial charge >= 0.3 is 0 Å². The minimum atomic E-state index is 0.110. The highest BCUT2D eigenvalue weighted by atomic mass is 14.6. The Kier molecular flexibility index (Phi) is 5.00. The Morgan fingerprint density at radius 2 is 1.89 bits per heavy atom. The molecule has 1 aromatic carbocycles. The first kappa shape index (κ1) is 13.4. The van der Waals surface area contributed by atoms with Crippen molar-refractivity contribution >= 4 is 0 Å². The van der Waals surface area contributed by atoms with Crippen LogP contribution in [0.4, 0.5) is 0 Å². The van der Waals surface area contributed by atoms with Gasteiger partial charge in [-0.3, -0.25) is 0 Å². The van der Waals surface area contributed by atoms with Crippen LogP contribution in [-0.2, 0) is 6.42 Å². The summed E-state index contributed by atoms with van der Waals surface area (Å²) in [7, 11) is 0. The predicted molar refractivity (Wildman–Crippen MR) is 78.5 cm³/mol. The van der Waals surface area contributed by atoms with Gasteiger partial charge in [0.1, 0.15) is 0 Å². The molecule has 1 atom stereocenters. The summed E-state index contributed by atoms with van der Waals surface area (Å²) in [5.74, 6) is 0. The fourth-order valence-corrected chi connectivity index (χ4v) is 2.86. The first-order chi connectivity index (χ1) is 8.83. The van der Waals surface area contributed by atoms with Crippen LogP contribution in [-0.4, -0.2) is 0 Å². The highest BCUT2D eigenvalue weighted by molar-refractivity contribution is 5.35. The molecule has 0 aromatic heterocycles. The lowest BCUT2D eigenvalue weighted by Gasteiger charge is -2.21. The van der Waals surface area contributed by atoms with Gasteiger partial charge in [0.15, 0.2) is 0 Å². The summed E-state index contributed by atoms with van der Waals surface area (Å²) in [5.41, 5.74) is 10.7. The molecule has 1 aromatic rings. The van der Waals surface area contributed by atoms with E-state index in [0.29, 0.717) is 0 Å². The van der Waals surface area contributed by atoms with Crippen LogP contribution in [0, 0.1) is 0 Å². The van der Waals surface area contributed by atoms with E-state index in [-0.39, 0.29) is 6.04 Å².